The number of hydrogen-bond acceptors (Lipinski definition) is 4. The van der Waals surface area contributed by atoms with E-state index >= 15 is 0 Å². The molecular weight excluding hydrogens is 212 g/mol. The van der Waals surface area contributed by atoms with Crippen molar-refractivity contribution in [3.05, 3.63) is 18.0 Å². The lowest BCUT2D eigenvalue weighted by molar-refractivity contribution is 0.458. The summed E-state index contributed by atoms with van der Waals surface area (Å²) in [6.07, 6.45) is 8.16. The molecule has 92 valence electrons. The van der Waals surface area contributed by atoms with Gasteiger partial charge in [-0.2, -0.15) is 0 Å². The molecular formula is C13H20N4. The van der Waals surface area contributed by atoms with E-state index in [9.17, 15) is 0 Å². The van der Waals surface area contributed by atoms with Crippen LogP contribution in [0.1, 0.15) is 43.7 Å². The predicted molar refractivity (Wildman–Crippen MR) is 68.0 cm³/mol. The van der Waals surface area contributed by atoms with E-state index in [0.29, 0.717) is 18.5 Å². The molecule has 1 saturated carbocycles. The first-order valence-corrected chi connectivity index (χ1v) is 6.68. The SMILES string of the molecule is NCC1CCCCN1c1nccc(C2CC2)n1. The van der Waals surface area contributed by atoms with Crippen molar-refractivity contribution in [2.75, 3.05) is 18.0 Å². The lowest BCUT2D eigenvalue weighted by atomic mass is 10.0. The van der Waals surface area contributed by atoms with Gasteiger partial charge in [-0.25, -0.2) is 9.97 Å². The second kappa shape index (κ2) is 4.61. The Morgan fingerprint density at radius 3 is 2.94 bits per heavy atom. The lowest BCUT2D eigenvalue weighted by Crippen LogP contribution is -2.45. The van der Waals surface area contributed by atoms with Gasteiger partial charge < -0.3 is 10.6 Å². The van der Waals surface area contributed by atoms with Gasteiger partial charge >= 0.3 is 0 Å². The number of nitrogens with two attached hydrogens (primary N) is 1. The zero-order valence-corrected chi connectivity index (χ0v) is 10.2. The molecule has 1 aliphatic carbocycles. The molecule has 2 N–H and O–H groups in total. The summed E-state index contributed by atoms with van der Waals surface area (Å²) in [5.41, 5.74) is 7.06. The third kappa shape index (κ3) is 2.27. The largest absolute Gasteiger partial charge is 0.337 e. The van der Waals surface area contributed by atoms with Crippen molar-refractivity contribution in [1.29, 1.82) is 0 Å². The third-order valence-corrected chi connectivity index (χ3v) is 3.82. The molecule has 2 aliphatic rings. The molecule has 0 aromatic carbocycles. The van der Waals surface area contributed by atoms with E-state index in [1.807, 2.05) is 6.20 Å². The highest BCUT2D eigenvalue weighted by molar-refractivity contribution is 5.34. The molecule has 4 heteroatoms. The summed E-state index contributed by atoms with van der Waals surface area (Å²) in [6.45, 7) is 1.76. The van der Waals surface area contributed by atoms with E-state index in [4.69, 9.17) is 10.7 Å². The van der Waals surface area contributed by atoms with Crippen LogP contribution in [0.15, 0.2) is 12.3 Å². The molecule has 0 bridgehead atoms. The average molecular weight is 232 g/mol. The first kappa shape index (κ1) is 11.0. The third-order valence-electron chi connectivity index (χ3n) is 3.82. The summed E-state index contributed by atoms with van der Waals surface area (Å²) in [7, 11) is 0. The monoisotopic (exact) mass is 232 g/mol. The molecule has 3 rings (SSSR count). The summed E-state index contributed by atoms with van der Waals surface area (Å²) in [5, 5.41) is 0. The summed E-state index contributed by atoms with van der Waals surface area (Å²) >= 11 is 0. The zero-order chi connectivity index (χ0) is 11.7. The molecule has 1 aromatic rings. The fourth-order valence-electron chi connectivity index (χ4n) is 2.62. The fourth-order valence-corrected chi connectivity index (χ4v) is 2.62. The minimum atomic E-state index is 0.429. The number of rotatable bonds is 3. The molecule has 1 atom stereocenters. The van der Waals surface area contributed by atoms with Crippen molar-refractivity contribution in [2.45, 2.75) is 44.1 Å². The van der Waals surface area contributed by atoms with E-state index in [1.165, 1.54) is 37.8 Å². The summed E-state index contributed by atoms with van der Waals surface area (Å²) in [6, 6.07) is 2.49. The van der Waals surface area contributed by atoms with E-state index < -0.39 is 0 Å². The molecule has 1 saturated heterocycles. The Morgan fingerprint density at radius 1 is 1.29 bits per heavy atom. The molecule has 0 spiro atoms. The van der Waals surface area contributed by atoms with Crippen molar-refractivity contribution in [2.24, 2.45) is 5.73 Å². The van der Waals surface area contributed by atoms with E-state index in [2.05, 4.69) is 16.0 Å². The standard InChI is InChI=1S/C13H20N4/c14-9-11-3-1-2-8-17(11)13-15-7-6-12(16-13)10-4-5-10/h6-7,10-11H,1-5,8-9,14H2. The van der Waals surface area contributed by atoms with Gasteiger partial charge in [0.1, 0.15) is 0 Å². The van der Waals surface area contributed by atoms with Gasteiger partial charge in [-0.05, 0) is 38.2 Å². The zero-order valence-electron chi connectivity index (χ0n) is 10.2. The quantitative estimate of drug-likeness (QED) is 0.861. The van der Waals surface area contributed by atoms with Gasteiger partial charge in [-0.1, -0.05) is 0 Å². The maximum atomic E-state index is 5.84. The average Bonchev–Trinajstić information content (AvgIpc) is 3.23. The molecule has 1 aliphatic heterocycles. The second-order valence-electron chi connectivity index (χ2n) is 5.13. The van der Waals surface area contributed by atoms with Crippen LogP contribution in [0.3, 0.4) is 0 Å². The number of nitrogens with zero attached hydrogens (tertiary/aromatic N) is 3. The summed E-state index contributed by atoms with van der Waals surface area (Å²) < 4.78 is 0. The maximum Gasteiger partial charge on any atom is 0.225 e. The van der Waals surface area contributed by atoms with Crippen LogP contribution in [0.4, 0.5) is 5.95 Å². The highest BCUT2D eigenvalue weighted by atomic mass is 15.3. The smallest absolute Gasteiger partial charge is 0.225 e. The predicted octanol–water partition coefficient (Wildman–Crippen LogP) is 1.67. The Labute approximate surface area is 102 Å². The highest BCUT2D eigenvalue weighted by Crippen LogP contribution is 2.39. The van der Waals surface area contributed by atoms with Gasteiger partial charge in [0, 0.05) is 36.9 Å². The van der Waals surface area contributed by atoms with E-state index in [0.717, 1.165) is 12.5 Å². The van der Waals surface area contributed by atoms with Crippen LogP contribution in [0.2, 0.25) is 0 Å². The van der Waals surface area contributed by atoms with Gasteiger partial charge in [0.25, 0.3) is 0 Å². The Balaban J connectivity index is 1.83. The van der Waals surface area contributed by atoms with Crippen molar-refractivity contribution < 1.29 is 0 Å². The Morgan fingerprint density at radius 2 is 2.18 bits per heavy atom. The van der Waals surface area contributed by atoms with E-state index in [1.54, 1.807) is 0 Å². The summed E-state index contributed by atoms with van der Waals surface area (Å²) in [4.78, 5) is 11.4. The van der Waals surface area contributed by atoms with Crippen LogP contribution >= 0.6 is 0 Å². The molecule has 2 fully saturated rings. The molecule has 1 aromatic heterocycles. The van der Waals surface area contributed by atoms with E-state index in [-0.39, 0.29) is 0 Å². The molecule has 1 unspecified atom stereocenters. The van der Waals surface area contributed by atoms with Crippen LogP contribution < -0.4 is 10.6 Å². The van der Waals surface area contributed by atoms with Gasteiger partial charge in [0.05, 0.1) is 0 Å². The number of anilines is 1. The number of hydrogen-bond donors (Lipinski definition) is 1. The topological polar surface area (TPSA) is 55.0 Å². The Hall–Kier alpha value is -1.16. The van der Waals surface area contributed by atoms with Crippen LogP contribution in [0.25, 0.3) is 0 Å². The van der Waals surface area contributed by atoms with Gasteiger partial charge in [-0.15, -0.1) is 0 Å². The van der Waals surface area contributed by atoms with Crippen molar-refractivity contribution >= 4 is 5.95 Å². The van der Waals surface area contributed by atoms with Crippen molar-refractivity contribution in [3.8, 4) is 0 Å². The first-order valence-electron chi connectivity index (χ1n) is 6.68. The van der Waals surface area contributed by atoms with Crippen molar-refractivity contribution in [3.63, 3.8) is 0 Å². The lowest BCUT2D eigenvalue weighted by Gasteiger charge is -2.35. The Bertz CT molecular complexity index is 389. The molecule has 0 radical (unpaired) electrons. The van der Waals surface area contributed by atoms with Gasteiger partial charge in [0.15, 0.2) is 0 Å². The van der Waals surface area contributed by atoms with Gasteiger partial charge in [0.2, 0.25) is 5.95 Å². The second-order valence-corrected chi connectivity index (χ2v) is 5.13. The van der Waals surface area contributed by atoms with Crippen LogP contribution in [-0.4, -0.2) is 29.1 Å². The first-order chi connectivity index (χ1) is 8.38. The minimum Gasteiger partial charge on any atom is -0.337 e. The van der Waals surface area contributed by atoms with Crippen molar-refractivity contribution in [1.82, 2.24) is 9.97 Å². The highest BCUT2D eigenvalue weighted by Gasteiger charge is 2.27. The number of piperidine rings is 1. The fraction of sp³-hybridized carbons (Fsp3) is 0.692. The molecule has 2 heterocycles. The van der Waals surface area contributed by atoms with Crippen LogP contribution in [0.5, 0.6) is 0 Å². The summed E-state index contributed by atoms with van der Waals surface area (Å²) in [5.74, 6) is 1.59. The van der Waals surface area contributed by atoms with Gasteiger partial charge in [-0.3, -0.25) is 0 Å². The molecule has 4 nitrogen and oxygen atoms in total. The normalized spacial score (nSPS) is 25.0. The van der Waals surface area contributed by atoms with Crippen LogP contribution in [0, 0.1) is 0 Å². The Kier molecular flexibility index (Phi) is 2.97. The molecule has 0 amide bonds. The minimum absolute atomic E-state index is 0.429. The number of aromatic nitrogens is 2. The molecule has 17 heavy (non-hydrogen) atoms. The van der Waals surface area contributed by atoms with Crippen LogP contribution in [-0.2, 0) is 0 Å². The maximum absolute atomic E-state index is 5.84.